The third-order valence-electron chi connectivity index (χ3n) is 5.37. The molecule has 2 saturated heterocycles. The molecule has 0 unspecified atom stereocenters. The number of carbonyl (C=O) groups excluding carboxylic acids is 4. The fourth-order valence-electron chi connectivity index (χ4n) is 3.53. The van der Waals surface area contributed by atoms with Gasteiger partial charge in [0.15, 0.2) is 0 Å². The molecule has 1 aromatic carbocycles. The van der Waals surface area contributed by atoms with Crippen LogP contribution in [0.25, 0.3) is 0 Å². The highest BCUT2D eigenvalue weighted by atomic mass is 16.5. The predicted molar refractivity (Wildman–Crippen MR) is 98.8 cm³/mol. The molecule has 2 fully saturated rings. The number of carbonyl (C=O) groups is 4. The van der Waals surface area contributed by atoms with E-state index in [1.807, 2.05) is 0 Å². The van der Waals surface area contributed by atoms with E-state index in [9.17, 15) is 19.2 Å². The van der Waals surface area contributed by atoms with Crippen molar-refractivity contribution in [3.8, 4) is 5.75 Å². The smallest absolute Gasteiger partial charge is 0.344 e. The van der Waals surface area contributed by atoms with Gasteiger partial charge in [0.2, 0.25) is 11.8 Å². The summed E-state index contributed by atoms with van der Waals surface area (Å²) in [5.41, 5.74) is 1.69. The highest BCUT2D eigenvalue weighted by Gasteiger charge is 2.50. The highest BCUT2D eigenvalue weighted by Crippen LogP contribution is 2.30. The Morgan fingerprint density at radius 2 is 1.93 bits per heavy atom. The van der Waals surface area contributed by atoms with Gasteiger partial charge in [0.05, 0.1) is 7.11 Å². The third-order valence-corrected chi connectivity index (χ3v) is 5.37. The number of nitrogens with zero attached hydrogens (tertiary/aromatic N) is 2. The van der Waals surface area contributed by atoms with Crippen molar-refractivity contribution in [1.82, 2.24) is 20.7 Å². The second-order valence-electron chi connectivity index (χ2n) is 7.18. The minimum absolute atomic E-state index is 0.0259. The summed E-state index contributed by atoms with van der Waals surface area (Å²) >= 11 is 0. The number of piperidine rings is 1. The van der Waals surface area contributed by atoms with Gasteiger partial charge in [0.25, 0.3) is 5.91 Å². The van der Waals surface area contributed by atoms with Crippen LogP contribution in [0.5, 0.6) is 5.75 Å². The van der Waals surface area contributed by atoms with E-state index in [0.29, 0.717) is 37.2 Å². The van der Waals surface area contributed by atoms with E-state index in [2.05, 4.69) is 10.7 Å². The maximum absolute atomic E-state index is 12.9. The van der Waals surface area contributed by atoms with Crippen LogP contribution in [-0.2, 0) is 19.9 Å². The van der Waals surface area contributed by atoms with Crippen molar-refractivity contribution >= 4 is 23.8 Å². The number of benzene rings is 1. The first-order valence-electron chi connectivity index (χ1n) is 9.13. The lowest BCUT2D eigenvalue weighted by Gasteiger charge is -2.31. The SMILES string of the molecule is COc1cccc([C@@]2(C)NC(=O)N(NC(=O)C3CCN(C(C)=O)CC3)C2=O)c1. The summed E-state index contributed by atoms with van der Waals surface area (Å²) < 4.78 is 5.18. The summed E-state index contributed by atoms with van der Waals surface area (Å²) in [4.78, 5) is 51.0. The number of rotatable bonds is 4. The average molecular weight is 388 g/mol. The zero-order valence-corrected chi connectivity index (χ0v) is 16.2. The topological polar surface area (TPSA) is 108 Å². The lowest BCUT2D eigenvalue weighted by atomic mass is 9.92. The number of nitrogens with one attached hydrogen (secondary N) is 2. The van der Waals surface area contributed by atoms with Gasteiger partial charge in [-0.15, -0.1) is 0 Å². The molecule has 9 heteroatoms. The van der Waals surface area contributed by atoms with E-state index < -0.39 is 23.4 Å². The Morgan fingerprint density at radius 1 is 1.25 bits per heavy atom. The second-order valence-corrected chi connectivity index (χ2v) is 7.18. The number of hydrogen-bond donors (Lipinski definition) is 2. The van der Waals surface area contributed by atoms with Gasteiger partial charge in [-0.2, -0.15) is 5.01 Å². The molecular weight excluding hydrogens is 364 g/mol. The Kier molecular flexibility index (Phi) is 5.26. The van der Waals surface area contributed by atoms with E-state index in [4.69, 9.17) is 4.74 Å². The van der Waals surface area contributed by atoms with Crippen molar-refractivity contribution in [3.05, 3.63) is 29.8 Å². The van der Waals surface area contributed by atoms with Crippen molar-refractivity contribution < 1.29 is 23.9 Å². The molecule has 2 heterocycles. The Bertz CT molecular complexity index is 818. The lowest BCUT2D eigenvalue weighted by Crippen LogP contribution is -2.51. The van der Waals surface area contributed by atoms with Gasteiger partial charge in [-0.25, -0.2) is 4.79 Å². The van der Waals surface area contributed by atoms with Crippen LogP contribution in [0, 0.1) is 5.92 Å². The molecule has 150 valence electrons. The normalized spacial score (nSPS) is 22.8. The minimum atomic E-state index is -1.31. The maximum Gasteiger partial charge on any atom is 0.344 e. The molecular formula is C19H24N4O5. The molecule has 2 aliphatic heterocycles. The molecule has 9 nitrogen and oxygen atoms in total. The number of hydrogen-bond acceptors (Lipinski definition) is 5. The molecule has 2 N–H and O–H groups in total. The Labute approximate surface area is 163 Å². The van der Waals surface area contributed by atoms with E-state index >= 15 is 0 Å². The fourth-order valence-corrected chi connectivity index (χ4v) is 3.53. The van der Waals surface area contributed by atoms with Crippen molar-refractivity contribution in [2.45, 2.75) is 32.2 Å². The van der Waals surface area contributed by atoms with Gasteiger partial charge in [-0.3, -0.25) is 19.8 Å². The van der Waals surface area contributed by atoms with Gasteiger partial charge in [0, 0.05) is 25.9 Å². The molecule has 0 spiro atoms. The van der Waals surface area contributed by atoms with Gasteiger partial charge >= 0.3 is 6.03 Å². The zero-order chi connectivity index (χ0) is 20.5. The molecule has 0 radical (unpaired) electrons. The third kappa shape index (κ3) is 3.51. The quantitative estimate of drug-likeness (QED) is 0.740. The van der Waals surface area contributed by atoms with Crippen LogP contribution in [0.1, 0.15) is 32.3 Å². The van der Waals surface area contributed by atoms with Gasteiger partial charge in [0.1, 0.15) is 11.3 Å². The molecule has 28 heavy (non-hydrogen) atoms. The van der Waals surface area contributed by atoms with Crippen LogP contribution in [0.2, 0.25) is 0 Å². The van der Waals surface area contributed by atoms with Crippen LogP contribution in [-0.4, -0.2) is 53.9 Å². The summed E-state index contributed by atoms with van der Waals surface area (Å²) in [6, 6.07) is 6.15. The monoisotopic (exact) mass is 388 g/mol. The molecule has 0 aromatic heterocycles. The van der Waals surface area contributed by atoms with Gasteiger partial charge in [-0.05, 0) is 37.5 Å². The zero-order valence-electron chi connectivity index (χ0n) is 16.2. The number of urea groups is 1. The average Bonchev–Trinajstić information content (AvgIpc) is 2.92. The van der Waals surface area contributed by atoms with Crippen LogP contribution in [0.15, 0.2) is 24.3 Å². The van der Waals surface area contributed by atoms with E-state index in [-0.39, 0.29) is 11.8 Å². The first-order valence-corrected chi connectivity index (χ1v) is 9.13. The number of ether oxygens (including phenoxy) is 1. The van der Waals surface area contributed by atoms with E-state index in [0.717, 1.165) is 5.01 Å². The van der Waals surface area contributed by atoms with E-state index in [1.165, 1.54) is 14.0 Å². The van der Waals surface area contributed by atoms with Crippen molar-refractivity contribution in [1.29, 1.82) is 0 Å². The lowest BCUT2D eigenvalue weighted by molar-refractivity contribution is -0.142. The molecule has 2 aliphatic rings. The van der Waals surface area contributed by atoms with Crippen LogP contribution >= 0.6 is 0 Å². The summed E-state index contributed by atoms with van der Waals surface area (Å²) in [5.74, 6) is -0.802. The Morgan fingerprint density at radius 3 is 2.54 bits per heavy atom. The summed E-state index contributed by atoms with van der Waals surface area (Å²) in [6.07, 6.45) is 0.977. The van der Waals surface area contributed by atoms with Crippen molar-refractivity contribution in [3.63, 3.8) is 0 Å². The fraction of sp³-hybridized carbons (Fsp3) is 0.474. The Balaban J connectivity index is 1.70. The van der Waals surface area contributed by atoms with E-state index in [1.54, 1.807) is 36.1 Å². The summed E-state index contributed by atoms with van der Waals surface area (Å²) in [5, 5.41) is 3.38. The van der Waals surface area contributed by atoms with Crippen molar-refractivity contribution in [2.24, 2.45) is 5.92 Å². The number of amides is 5. The van der Waals surface area contributed by atoms with Crippen LogP contribution in [0.4, 0.5) is 4.79 Å². The molecule has 5 amide bonds. The maximum atomic E-state index is 12.9. The number of hydrazine groups is 1. The van der Waals surface area contributed by atoms with Gasteiger partial charge in [-0.1, -0.05) is 12.1 Å². The first kappa shape index (κ1) is 19.7. The molecule has 0 saturated carbocycles. The minimum Gasteiger partial charge on any atom is -0.497 e. The van der Waals surface area contributed by atoms with Gasteiger partial charge < -0.3 is 15.0 Å². The van der Waals surface area contributed by atoms with Crippen LogP contribution in [0.3, 0.4) is 0 Å². The predicted octanol–water partition coefficient (Wildman–Crippen LogP) is 0.752. The molecule has 0 aliphatic carbocycles. The number of methoxy groups -OCH3 is 1. The first-order chi connectivity index (χ1) is 13.3. The number of likely N-dealkylation sites (tertiary alicyclic amines) is 1. The van der Waals surface area contributed by atoms with Crippen molar-refractivity contribution in [2.75, 3.05) is 20.2 Å². The number of imide groups is 1. The summed E-state index contributed by atoms with van der Waals surface area (Å²) in [6.45, 7) is 4.04. The molecule has 1 aromatic rings. The largest absolute Gasteiger partial charge is 0.497 e. The molecule has 1 atom stereocenters. The highest BCUT2D eigenvalue weighted by molar-refractivity contribution is 6.08. The summed E-state index contributed by atoms with van der Waals surface area (Å²) in [7, 11) is 1.51. The standard InChI is InChI=1S/C19H24N4O5/c1-12(24)22-9-7-13(8-10-22)16(25)21-23-17(26)19(2,20-18(23)27)14-5-4-6-15(11-14)28-3/h4-6,11,13H,7-10H2,1-3H3,(H,20,27)(H,21,25)/t19-/m1/s1. The van der Waals surface area contributed by atoms with Crippen LogP contribution < -0.4 is 15.5 Å². The second kappa shape index (κ2) is 7.49. The Hall–Kier alpha value is -3.10. The molecule has 3 rings (SSSR count). The molecule has 0 bridgehead atoms.